The largest absolute Gasteiger partial charge is 0.481 e. The Morgan fingerprint density at radius 3 is 1.60 bits per heavy atom. The summed E-state index contributed by atoms with van der Waals surface area (Å²) in [5.41, 5.74) is 0. The lowest BCUT2D eigenvalue weighted by atomic mass is 9.96. The van der Waals surface area contributed by atoms with Gasteiger partial charge in [-0.05, 0) is 6.42 Å². The second-order valence-corrected chi connectivity index (χ2v) is 6.15. The van der Waals surface area contributed by atoms with E-state index in [-0.39, 0.29) is 11.8 Å². The minimum absolute atomic E-state index is 0.0721. The van der Waals surface area contributed by atoms with Crippen molar-refractivity contribution in [2.75, 3.05) is 65.9 Å². The number of carbonyl (C=O) groups excluding carboxylic acids is 1. The van der Waals surface area contributed by atoms with E-state index in [0.29, 0.717) is 72.4 Å². The Bertz CT molecular complexity index is 375. The lowest BCUT2D eigenvalue weighted by Crippen LogP contribution is -2.40. The summed E-state index contributed by atoms with van der Waals surface area (Å²) in [6.45, 7) is 8.04. The molecule has 1 aliphatic rings. The van der Waals surface area contributed by atoms with E-state index in [1.807, 2.05) is 0 Å². The van der Waals surface area contributed by atoms with Gasteiger partial charge in [-0.15, -0.1) is 0 Å². The maximum absolute atomic E-state index is 12.6. The average Bonchev–Trinajstić information content (AvgIpc) is 2.59. The van der Waals surface area contributed by atoms with Crippen LogP contribution in [-0.2, 0) is 28.5 Å². The van der Waals surface area contributed by atoms with E-state index in [4.69, 9.17) is 24.1 Å². The summed E-state index contributed by atoms with van der Waals surface area (Å²) < 4.78 is 21.7. The molecule has 0 bridgehead atoms. The van der Waals surface area contributed by atoms with Crippen molar-refractivity contribution in [1.82, 2.24) is 4.90 Å². The Labute approximate surface area is 149 Å². The summed E-state index contributed by atoms with van der Waals surface area (Å²) in [6.07, 6.45) is 0.314. The van der Waals surface area contributed by atoms with Crippen LogP contribution >= 0.6 is 0 Å². The van der Waals surface area contributed by atoms with Crippen LogP contribution in [0.25, 0.3) is 0 Å². The summed E-state index contributed by atoms with van der Waals surface area (Å²) in [4.78, 5) is 25.3. The van der Waals surface area contributed by atoms with Crippen LogP contribution < -0.4 is 0 Å². The van der Waals surface area contributed by atoms with E-state index in [1.54, 1.807) is 18.7 Å². The molecule has 25 heavy (non-hydrogen) atoms. The van der Waals surface area contributed by atoms with Crippen molar-refractivity contribution in [3.05, 3.63) is 0 Å². The highest BCUT2D eigenvalue weighted by molar-refractivity contribution is 5.79. The number of rotatable bonds is 4. The number of hydrogen-bond donors (Lipinski definition) is 1. The Morgan fingerprint density at radius 1 is 0.800 bits per heavy atom. The highest BCUT2D eigenvalue weighted by Crippen LogP contribution is 2.15. The SMILES string of the molecule is C[C@H](C[C@H](C)C(=O)N1CCOCCOCCOCCOCC1)C(=O)O. The van der Waals surface area contributed by atoms with E-state index in [0.717, 1.165) is 0 Å². The zero-order valence-electron chi connectivity index (χ0n) is 15.3. The first-order valence-electron chi connectivity index (χ1n) is 8.85. The number of ether oxygens (including phenoxy) is 4. The normalized spacial score (nSPS) is 21.6. The van der Waals surface area contributed by atoms with Gasteiger partial charge in [-0.25, -0.2) is 0 Å². The second kappa shape index (κ2) is 13.0. The fraction of sp³-hybridized carbons (Fsp3) is 0.882. The summed E-state index contributed by atoms with van der Waals surface area (Å²) >= 11 is 0. The summed E-state index contributed by atoms with van der Waals surface area (Å²) in [5.74, 6) is -1.87. The predicted octanol–water partition coefficient (Wildman–Crippen LogP) is 0.642. The van der Waals surface area contributed by atoms with Crippen LogP contribution in [0.4, 0.5) is 0 Å². The van der Waals surface area contributed by atoms with Gasteiger partial charge in [0.25, 0.3) is 0 Å². The van der Waals surface area contributed by atoms with Gasteiger partial charge >= 0.3 is 5.97 Å². The molecule has 8 heteroatoms. The zero-order chi connectivity index (χ0) is 18.5. The van der Waals surface area contributed by atoms with Crippen LogP contribution in [0.3, 0.4) is 0 Å². The van der Waals surface area contributed by atoms with Crippen LogP contribution in [0.5, 0.6) is 0 Å². The van der Waals surface area contributed by atoms with Crippen molar-refractivity contribution in [2.45, 2.75) is 20.3 Å². The molecule has 0 aliphatic carbocycles. The summed E-state index contributed by atoms with van der Waals surface area (Å²) in [5, 5.41) is 9.02. The van der Waals surface area contributed by atoms with Crippen LogP contribution in [0, 0.1) is 11.8 Å². The maximum atomic E-state index is 12.6. The molecule has 1 rings (SSSR count). The number of nitrogens with zero attached hydrogens (tertiary/aromatic N) is 1. The summed E-state index contributed by atoms with van der Waals surface area (Å²) in [7, 11) is 0. The Kier molecular flexibility index (Phi) is 11.4. The van der Waals surface area contributed by atoms with Crippen molar-refractivity contribution in [3.63, 3.8) is 0 Å². The highest BCUT2D eigenvalue weighted by Gasteiger charge is 2.24. The van der Waals surface area contributed by atoms with Gasteiger partial charge in [0.05, 0.1) is 58.8 Å². The predicted molar refractivity (Wildman–Crippen MR) is 90.4 cm³/mol. The van der Waals surface area contributed by atoms with Gasteiger partial charge in [-0.1, -0.05) is 13.8 Å². The van der Waals surface area contributed by atoms with E-state index >= 15 is 0 Å². The topological polar surface area (TPSA) is 94.5 Å². The lowest BCUT2D eigenvalue weighted by Gasteiger charge is -2.26. The van der Waals surface area contributed by atoms with Crippen molar-refractivity contribution in [2.24, 2.45) is 11.8 Å². The van der Waals surface area contributed by atoms with Crippen LogP contribution in [0.1, 0.15) is 20.3 Å². The number of carboxylic acid groups (broad SMARTS) is 1. The van der Waals surface area contributed by atoms with Crippen LogP contribution in [0.15, 0.2) is 0 Å². The average molecular weight is 361 g/mol. The van der Waals surface area contributed by atoms with Gasteiger partial charge in [0.15, 0.2) is 0 Å². The third-order valence-electron chi connectivity index (χ3n) is 3.99. The third-order valence-corrected chi connectivity index (χ3v) is 3.99. The highest BCUT2D eigenvalue weighted by atomic mass is 16.6. The monoisotopic (exact) mass is 361 g/mol. The smallest absolute Gasteiger partial charge is 0.306 e. The Morgan fingerprint density at radius 2 is 1.20 bits per heavy atom. The molecule has 0 aromatic carbocycles. The molecule has 8 nitrogen and oxygen atoms in total. The van der Waals surface area contributed by atoms with Gasteiger partial charge < -0.3 is 29.0 Å². The lowest BCUT2D eigenvalue weighted by molar-refractivity contribution is -0.143. The maximum Gasteiger partial charge on any atom is 0.306 e. The van der Waals surface area contributed by atoms with Gasteiger partial charge in [0.2, 0.25) is 5.91 Å². The molecule has 0 spiro atoms. The molecule has 2 atom stereocenters. The van der Waals surface area contributed by atoms with E-state index < -0.39 is 11.9 Å². The van der Waals surface area contributed by atoms with Gasteiger partial charge in [0.1, 0.15) is 0 Å². The van der Waals surface area contributed by atoms with Gasteiger partial charge in [-0.2, -0.15) is 0 Å². The van der Waals surface area contributed by atoms with E-state index in [2.05, 4.69) is 0 Å². The van der Waals surface area contributed by atoms with E-state index in [9.17, 15) is 9.59 Å². The molecule has 1 N–H and O–H groups in total. The first-order chi connectivity index (χ1) is 12.0. The number of carboxylic acids is 1. The third kappa shape index (κ3) is 9.74. The standard InChI is InChI=1S/C17H31NO7/c1-14(13-15(2)17(20)21)16(19)18-3-5-22-7-9-24-11-12-25-10-8-23-6-4-18/h14-15H,3-13H2,1-2H3,(H,20,21)/t14-,15+/m0/s1. The second-order valence-electron chi connectivity index (χ2n) is 6.15. The number of amides is 1. The molecule has 1 amide bonds. The molecule has 1 saturated heterocycles. The quantitative estimate of drug-likeness (QED) is 0.785. The molecule has 0 aromatic rings. The minimum atomic E-state index is -0.886. The fourth-order valence-electron chi connectivity index (χ4n) is 2.49. The molecule has 1 fully saturated rings. The Balaban J connectivity index is 2.52. The zero-order valence-corrected chi connectivity index (χ0v) is 15.3. The summed E-state index contributed by atoms with van der Waals surface area (Å²) in [6, 6.07) is 0. The van der Waals surface area contributed by atoms with Crippen molar-refractivity contribution in [3.8, 4) is 0 Å². The fourth-order valence-corrected chi connectivity index (χ4v) is 2.49. The van der Waals surface area contributed by atoms with Crippen molar-refractivity contribution < 1.29 is 33.6 Å². The molecule has 0 aromatic heterocycles. The Hall–Kier alpha value is -1.22. The minimum Gasteiger partial charge on any atom is -0.481 e. The van der Waals surface area contributed by atoms with E-state index in [1.165, 1.54) is 0 Å². The van der Waals surface area contributed by atoms with Crippen molar-refractivity contribution in [1.29, 1.82) is 0 Å². The number of carbonyl (C=O) groups is 2. The molecule has 146 valence electrons. The molecule has 1 aliphatic heterocycles. The van der Waals surface area contributed by atoms with Crippen LogP contribution in [0.2, 0.25) is 0 Å². The van der Waals surface area contributed by atoms with Crippen molar-refractivity contribution >= 4 is 11.9 Å². The molecular weight excluding hydrogens is 330 g/mol. The molecule has 1 heterocycles. The molecule has 0 saturated carbocycles. The first kappa shape index (κ1) is 21.8. The molecule has 0 unspecified atom stereocenters. The van der Waals surface area contributed by atoms with Gasteiger partial charge in [-0.3, -0.25) is 9.59 Å². The number of hydrogen-bond acceptors (Lipinski definition) is 6. The first-order valence-corrected chi connectivity index (χ1v) is 8.85. The van der Waals surface area contributed by atoms with Crippen LogP contribution in [-0.4, -0.2) is 87.8 Å². The molecular formula is C17H31NO7. The molecule has 0 radical (unpaired) electrons. The van der Waals surface area contributed by atoms with Gasteiger partial charge in [0, 0.05) is 19.0 Å². The number of aliphatic carboxylic acids is 1.